The van der Waals surface area contributed by atoms with Crippen molar-refractivity contribution in [3.8, 4) is 6.07 Å². The topological polar surface area (TPSA) is 137 Å². The number of nitriles is 1. The zero-order valence-corrected chi connectivity index (χ0v) is 24.8. The number of fused-ring (bicyclic) bond motifs is 1. The molecular weight excluding hydrogens is 610 g/mol. The van der Waals surface area contributed by atoms with Crippen molar-refractivity contribution in [1.82, 2.24) is 16.0 Å². The van der Waals surface area contributed by atoms with Crippen LogP contribution in [0.4, 0.5) is 26.3 Å². The molecule has 3 N–H and O–H groups in total. The van der Waals surface area contributed by atoms with Crippen LogP contribution in [0.15, 0.2) is 0 Å². The molecule has 16 heteroatoms. The Hall–Kier alpha value is -2.60. The summed E-state index contributed by atoms with van der Waals surface area (Å²) in [6.45, 7) is 6.22. The second-order valence-corrected chi connectivity index (χ2v) is 13.1. The number of alkyl halides is 7. The van der Waals surface area contributed by atoms with E-state index in [0.717, 1.165) is 0 Å². The molecule has 0 aromatic heterocycles. The van der Waals surface area contributed by atoms with Gasteiger partial charge in [-0.3, -0.25) is 19.2 Å². The summed E-state index contributed by atoms with van der Waals surface area (Å²) in [5, 5.41) is 16.2. The molecule has 43 heavy (non-hydrogen) atoms. The lowest BCUT2D eigenvalue weighted by molar-refractivity contribution is -0.177. The monoisotopic (exact) mass is 644 g/mol. The summed E-state index contributed by atoms with van der Waals surface area (Å²) < 4.78 is 88.0. The fraction of sp³-hybridized carbons (Fsp3) is 0.815. The third kappa shape index (κ3) is 7.56. The number of Topliss-reactive ketones (excluding diaryl/α,β-unsaturated/α-hetero) is 1. The molecule has 2 aliphatic carbocycles. The minimum atomic E-state index is -5.39. The molecule has 9 nitrogen and oxygen atoms in total. The quantitative estimate of drug-likeness (QED) is 0.259. The maximum Gasteiger partial charge on any atom is 0.471 e. The first-order valence-electron chi connectivity index (χ1n) is 14.0. The van der Waals surface area contributed by atoms with Gasteiger partial charge in [-0.1, -0.05) is 6.42 Å². The molecule has 3 amide bonds. The average molecular weight is 645 g/mol. The fourth-order valence-corrected chi connectivity index (χ4v) is 6.94. The van der Waals surface area contributed by atoms with Crippen molar-refractivity contribution in [2.75, 3.05) is 6.54 Å². The Morgan fingerprint density at radius 2 is 1.74 bits per heavy atom. The number of halogens is 7. The largest absolute Gasteiger partial charge is 0.471 e. The van der Waals surface area contributed by atoms with E-state index in [9.17, 15) is 50.8 Å². The molecule has 2 saturated carbocycles. The predicted molar refractivity (Wildman–Crippen MR) is 139 cm³/mol. The molecule has 3 aliphatic rings. The Balaban J connectivity index is 2.01. The highest BCUT2D eigenvalue weighted by atomic mass is 35.5. The van der Waals surface area contributed by atoms with Crippen molar-refractivity contribution in [2.24, 2.45) is 29.6 Å². The van der Waals surface area contributed by atoms with Crippen molar-refractivity contribution in [1.29, 1.82) is 5.26 Å². The fourth-order valence-electron chi connectivity index (χ4n) is 6.47. The molecule has 3 unspecified atom stereocenters. The summed E-state index contributed by atoms with van der Waals surface area (Å²) in [5.74, 6) is -12.0. The minimum absolute atomic E-state index is 0.00965. The molecule has 1 heterocycles. The summed E-state index contributed by atoms with van der Waals surface area (Å²) in [7, 11) is 0. The van der Waals surface area contributed by atoms with Crippen LogP contribution in [0.5, 0.6) is 0 Å². The SMILES string of the molecule is CC(OC(C)(C)C)[C@H](NC(=O)C(F)(F)F)C(=O)C1CCC[C@H]2[C@@H]([C@H]1C(=O)N[C@H](C#N)C[C@@H]1CCNC1=O)C2(Cl)C(F)(F)F. The molecule has 1 aliphatic heterocycles. The van der Waals surface area contributed by atoms with Gasteiger partial charge in [-0.2, -0.15) is 31.6 Å². The van der Waals surface area contributed by atoms with Gasteiger partial charge >= 0.3 is 18.3 Å². The van der Waals surface area contributed by atoms with E-state index in [0.29, 0.717) is 13.0 Å². The molecule has 3 rings (SSSR count). The van der Waals surface area contributed by atoms with E-state index in [1.165, 1.54) is 6.92 Å². The van der Waals surface area contributed by atoms with E-state index in [1.54, 1.807) is 26.1 Å². The van der Waals surface area contributed by atoms with Crippen LogP contribution in [0.1, 0.15) is 59.8 Å². The Labute approximate surface area is 249 Å². The Bertz CT molecular complexity index is 1150. The van der Waals surface area contributed by atoms with Gasteiger partial charge in [-0.25, -0.2) is 0 Å². The zero-order chi connectivity index (χ0) is 32.7. The summed E-state index contributed by atoms with van der Waals surface area (Å²) in [6.07, 6.45) is -11.8. The van der Waals surface area contributed by atoms with Crippen molar-refractivity contribution >= 4 is 35.1 Å². The summed E-state index contributed by atoms with van der Waals surface area (Å²) >= 11 is 6.10. The smallest absolute Gasteiger partial charge is 0.370 e. The summed E-state index contributed by atoms with van der Waals surface area (Å²) in [4.78, 5) is 48.7. The van der Waals surface area contributed by atoms with Crippen molar-refractivity contribution in [3.63, 3.8) is 0 Å². The lowest BCUT2D eigenvalue weighted by atomic mass is 9.78. The number of ketones is 1. The van der Waals surface area contributed by atoms with Gasteiger partial charge in [-0.15, -0.1) is 11.6 Å². The normalized spacial score (nSPS) is 31.4. The van der Waals surface area contributed by atoms with E-state index in [1.807, 2.05) is 6.07 Å². The van der Waals surface area contributed by atoms with Crippen LogP contribution >= 0.6 is 11.6 Å². The number of amides is 3. The summed E-state index contributed by atoms with van der Waals surface area (Å²) in [6, 6.07) is -1.47. The zero-order valence-electron chi connectivity index (χ0n) is 24.0. The van der Waals surface area contributed by atoms with Gasteiger partial charge in [0.15, 0.2) is 5.78 Å². The third-order valence-corrected chi connectivity index (χ3v) is 9.06. The number of carbonyl (C=O) groups excluding carboxylic acids is 4. The van der Waals surface area contributed by atoms with Crippen LogP contribution in [-0.2, 0) is 23.9 Å². The van der Waals surface area contributed by atoms with Gasteiger partial charge in [-0.05, 0) is 59.3 Å². The van der Waals surface area contributed by atoms with Gasteiger partial charge < -0.3 is 20.7 Å². The first-order chi connectivity index (χ1) is 19.6. The number of hydrogen-bond acceptors (Lipinski definition) is 6. The number of hydrogen-bond donors (Lipinski definition) is 3. The Kier molecular flexibility index (Phi) is 10.1. The van der Waals surface area contributed by atoms with E-state index in [2.05, 4.69) is 10.6 Å². The van der Waals surface area contributed by atoms with E-state index in [-0.39, 0.29) is 31.6 Å². The van der Waals surface area contributed by atoms with Crippen LogP contribution in [0.3, 0.4) is 0 Å². The number of nitrogens with one attached hydrogen (secondary N) is 3. The standard InChI is InChI=1S/C27H35ClF6N4O5/c1-12(43-24(2,3)4)19(38-23(42)26(29,30)31)20(39)15-6-5-7-16-18(25(16,28)27(32,33)34)17(15)22(41)37-14(11-35)10-13-8-9-36-21(13)40/h12-19H,5-10H2,1-4H3,(H,36,40)(H,37,41)(H,38,42)/t12?,13-,14-,15?,16-,17-,18-,19-,25?/m0/s1. The lowest BCUT2D eigenvalue weighted by Crippen LogP contribution is -2.57. The van der Waals surface area contributed by atoms with Crippen LogP contribution in [0.2, 0.25) is 0 Å². The Morgan fingerprint density at radius 1 is 1.12 bits per heavy atom. The minimum Gasteiger partial charge on any atom is -0.370 e. The molecule has 0 spiro atoms. The number of carbonyl (C=O) groups is 4. The van der Waals surface area contributed by atoms with Crippen molar-refractivity contribution in [2.45, 2.75) is 101 Å². The number of rotatable bonds is 9. The second-order valence-electron chi connectivity index (χ2n) is 12.5. The van der Waals surface area contributed by atoms with Crippen LogP contribution < -0.4 is 16.0 Å². The van der Waals surface area contributed by atoms with E-state index in [4.69, 9.17) is 16.3 Å². The predicted octanol–water partition coefficient (Wildman–Crippen LogP) is 3.54. The molecule has 0 radical (unpaired) electrons. The number of ether oxygens (including phenoxy) is 1. The van der Waals surface area contributed by atoms with E-state index >= 15 is 0 Å². The lowest BCUT2D eigenvalue weighted by Gasteiger charge is -2.35. The average Bonchev–Trinajstić information content (AvgIpc) is 3.35. The molecule has 1 saturated heterocycles. The van der Waals surface area contributed by atoms with Crippen molar-refractivity contribution < 1.29 is 50.3 Å². The second kappa shape index (κ2) is 12.4. The van der Waals surface area contributed by atoms with Gasteiger partial charge in [0.1, 0.15) is 17.0 Å². The molecule has 242 valence electrons. The highest BCUT2D eigenvalue weighted by molar-refractivity contribution is 6.27. The molecule has 9 atom stereocenters. The highest BCUT2D eigenvalue weighted by Crippen LogP contribution is 2.70. The van der Waals surface area contributed by atoms with E-state index < -0.39 is 88.2 Å². The van der Waals surface area contributed by atoms with Gasteiger partial charge in [0.25, 0.3) is 0 Å². The molecule has 0 aromatic carbocycles. The number of nitrogens with zero attached hydrogens (tertiary/aromatic N) is 1. The van der Waals surface area contributed by atoms with Crippen LogP contribution in [-0.4, -0.2) is 71.1 Å². The third-order valence-electron chi connectivity index (χ3n) is 8.32. The van der Waals surface area contributed by atoms with Gasteiger partial charge in [0.05, 0.1) is 23.7 Å². The van der Waals surface area contributed by atoms with Gasteiger partial charge in [0.2, 0.25) is 11.8 Å². The Morgan fingerprint density at radius 3 is 2.23 bits per heavy atom. The first-order valence-corrected chi connectivity index (χ1v) is 14.3. The van der Waals surface area contributed by atoms with Crippen molar-refractivity contribution in [3.05, 3.63) is 0 Å². The molecular formula is C27H35ClF6N4O5. The maximum absolute atomic E-state index is 14.2. The molecule has 0 bridgehead atoms. The molecule has 3 fully saturated rings. The van der Waals surface area contributed by atoms with Crippen LogP contribution in [0.25, 0.3) is 0 Å². The summed E-state index contributed by atoms with van der Waals surface area (Å²) in [5.41, 5.74) is -1.00. The van der Waals surface area contributed by atoms with Gasteiger partial charge in [0, 0.05) is 24.3 Å². The first kappa shape index (κ1) is 34.9. The molecule has 0 aromatic rings. The van der Waals surface area contributed by atoms with Crippen LogP contribution in [0, 0.1) is 40.9 Å². The highest BCUT2D eigenvalue weighted by Gasteiger charge is 2.80. The maximum atomic E-state index is 14.2.